The Kier molecular flexibility index (Phi) is 2.37. The van der Waals surface area contributed by atoms with E-state index in [1.807, 2.05) is 36.4 Å². The van der Waals surface area contributed by atoms with Crippen molar-refractivity contribution in [1.82, 2.24) is 0 Å². The number of oxime groups is 1. The quantitative estimate of drug-likeness (QED) is 0.415. The van der Waals surface area contributed by atoms with E-state index in [0.29, 0.717) is 0 Å². The summed E-state index contributed by atoms with van der Waals surface area (Å²) in [5.41, 5.74) is 2.51. The standard InChI is InChI=1S/C13H8BrNO2/c14-9-2-4-13-11(6-9)10-5-8(7-15-16)1-3-12(10)17-13/h1-7,16H/b15-7+. The molecule has 0 fully saturated rings. The Morgan fingerprint density at radius 1 is 1.06 bits per heavy atom. The van der Waals surface area contributed by atoms with Gasteiger partial charge in [-0.05, 0) is 42.0 Å². The second kappa shape index (κ2) is 3.89. The number of fused-ring (bicyclic) bond motifs is 3. The lowest BCUT2D eigenvalue weighted by Gasteiger charge is -1.93. The van der Waals surface area contributed by atoms with Crippen LogP contribution in [-0.2, 0) is 0 Å². The normalized spacial score (nSPS) is 11.8. The van der Waals surface area contributed by atoms with Crippen LogP contribution in [-0.4, -0.2) is 11.4 Å². The van der Waals surface area contributed by atoms with Crippen LogP contribution in [0.1, 0.15) is 5.56 Å². The molecular formula is C13H8BrNO2. The zero-order chi connectivity index (χ0) is 11.8. The maximum Gasteiger partial charge on any atom is 0.135 e. The SMILES string of the molecule is O/N=C/c1ccc2oc3ccc(Br)cc3c2c1. The highest BCUT2D eigenvalue weighted by molar-refractivity contribution is 9.10. The number of nitrogens with zero attached hydrogens (tertiary/aromatic N) is 1. The van der Waals surface area contributed by atoms with E-state index in [9.17, 15) is 0 Å². The summed E-state index contributed by atoms with van der Waals surface area (Å²) in [6.07, 6.45) is 1.40. The van der Waals surface area contributed by atoms with Gasteiger partial charge in [0.1, 0.15) is 11.2 Å². The summed E-state index contributed by atoms with van der Waals surface area (Å²) >= 11 is 3.44. The van der Waals surface area contributed by atoms with E-state index in [1.54, 1.807) is 0 Å². The van der Waals surface area contributed by atoms with E-state index >= 15 is 0 Å². The molecule has 0 aliphatic heterocycles. The van der Waals surface area contributed by atoms with Crippen LogP contribution in [0.3, 0.4) is 0 Å². The number of halogens is 1. The third-order valence-corrected chi connectivity index (χ3v) is 3.16. The molecule has 1 heterocycles. The van der Waals surface area contributed by atoms with Crippen LogP contribution in [0.2, 0.25) is 0 Å². The van der Waals surface area contributed by atoms with Crippen molar-refractivity contribution >= 4 is 44.1 Å². The molecule has 84 valence electrons. The lowest BCUT2D eigenvalue weighted by molar-refractivity contribution is 0.322. The highest BCUT2D eigenvalue weighted by Crippen LogP contribution is 2.31. The molecule has 2 aromatic carbocycles. The minimum atomic E-state index is 0.827. The minimum Gasteiger partial charge on any atom is -0.456 e. The van der Waals surface area contributed by atoms with Crippen LogP contribution >= 0.6 is 15.9 Å². The van der Waals surface area contributed by atoms with Crippen LogP contribution in [0, 0.1) is 0 Å². The topological polar surface area (TPSA) is 45.7 Å². The fraction of sp³-hybridized carbons (Fsp3) is 0. The van der Waals surface area contributed by atoms with E-state index in [4.69, 9.17) is 9.62 Å². The lowest BCUT2D eigenvalue weighted by atomic mass is 10.1. The van der Waals surface area contributed by atoms with Crippen LogP contribution in [0.15, 0.2) is 50.4 Å². The predicted molar refractivity (Wildman–Crippen MR) is 70.8 cm³/mol. The summed E-state index contributed by atoms with van der Waals surface area (Å²) in [6, 6.07) is 11.5. The first-order valence-electron chi connectivity index (χ1n) is 5.07. The molecule has 0 unspecified atom stereocenters. The number of furan rings is 1. The number of rotatable bonds is 1. The van der Waals surface area contributed by atoms with Crippen molar-refractivity contribution in [2.45, 2.75) is 0 Å². The molecule has 0 spiro atoms. The van der Waals surface area contributed by atoms with Crippen molar-refractivity contribution in [2.24, 2.45) is 5.16 Å². The molecule has 0 atom stereocenters. The van der Waals surface area contributed by atoms with Gasteiger partial charge in [0.15, 0.2) is 0 Å². The minimum absolute atomic E-state index is 0.827. The number of benzene rings is 2. The van der Waals surface area contributed by atoms with Crippen molar-refractivity contribution in [2.75, 3.05) is 0 Å². The molecule has 0 saturated carbocycles. The van der Waals surface area contributed by atoms with Gasteiger partial charge in [-0.15, -0.1) is 0 Å². The van der Waals surface area contributed by atoms with Crippen molar-refractivity contribution in [3.05, 3.63) is 46.4 Å². The molecule has 0 aliphatic carbocycles. The number of hydrogen-bond acceptors (Lipinski definition) is 3. The first-order valence-corrected chi connectivity index (χ1v) is 5.86. The van der Waals surface area contributed by atoms with Gasteiger partial charge in [-0.3, -0.25) is 0 Å². The molecule has 1 N–H and O–H groups in total. The fourth-order valence-electron chi connectivity index (χ4n) is 1.91. The Labute approximate surface area is 105 Å². The molecular weight excluding hydrogens is 282 g/mol. The molecule has 1 aromatic heterocycles. The molecule has 3 aromatic rings. The smallest absolute Gasteiger partial charge is 0.135 e. The monoisotopic (exact) mass is 289 g/mol. The van der Waals surface area contributed by atoms with Crippen LogP contribution in [0.4, 0.5) is 0 Å². The molecule has 17 heavy (non-hydrogen) atoms. The second-order valence-corrected chi connectivity index (χ2v) is 4.66. The zero-order valence-electron chi connectivity index (χ0n) is 8.72. The summed E-state index contributed by atoms with van der Waals surface area (Å²) in [5, 5.41) is 13.6. The van der Waals surface area contributed by atoms with Crippen LogP contribution in [0.25, 0.3) is 21.9 Å². The average Bonchev–Trinajstić information content (AvgIpc) is 2.67. The van der Waals surface area contributed by atoms with Gasteiger partial charge in [-0.2, -0.15) is 0 Å². The lowest BCUT2D eigenvalue weighted by Crippen LogP contribution is -1.79. The average molecular weight is 290 g/mol. The fourth-order valence-corrected chi connectivity index (χ4v) is 2.28. The van der Waals surface area contributed by atoms with E-state index in [1.165, 1.54) is 6.21 Å². The Morgan fingerprint density at radius 2 is 1.76 bits per heavy atom. The van der Waals surface area contributed by atoms with E-state index in [0.717, 1.165) is 32.0 Å². The van der Waals surface area contributed by atoms with Crippen molar-refractivity contribution in [1.29, 1.82) is 0 Å². The second-order valence-electron chi connectivity index (χ2n) is 3.74. The van der Waals surface area contributed by atoms with Gasteiger partial charge in [0.05, 0.1) is 6.21 Å². The Balaban J connectivity index is 2.39. The maximum absolute atomic E-state index is 8.54. The summed E-state index contributed by atoms with van der Waals surface area (Å²) in [6.45, 7) is 0. The zero-order valence-corrected chi connectivity index (χ0v) is 10.3. The summed E-state index contributed by atoms with van der Waals surface area (Å²) < 4.78 is 6.72. The van der Waals surface area contributed by atoms with Gasteiger partial charge in [-0.1, -0.05) is 21.1 Å². The number of hydrogen-bond donors (Lipinski definition) is 1. The Hall–Kier alpha value is -1.81. The molecule has 0 saturated heterocycles. The Morgan fingerprint density at radius 3 is 2.53 bits per heavy atom. The van der Waals surface area contributed by atoms with Gasteiger partial charge in [-0.25, -0.2) is 0 Å². The molecule has 0 radical (unpaired) electrons. The summed E-state index contributed by atoms with van der Waals surface area (Å²) in [5.74, 6) is 0. The van der Waals surface area contributed by atoms with Crippen molar-refractivity contribution in [3.63, 3.8) is 0 Å². The van der Waals surface area contributed by atoms with E-state index in [2.05, 4.69) is 21.1 Å². The largest absolute Gasteiger partial charge is 0.456 e. The molecule has 3 nitrogen and oxygen atoms in total. The molecule has 4 heteroatoms. The third kappa shape index (κ3) is 1.70. The van der Waals surface area contributed by atoms with E-state index in [-0.39, 0.29) is 0 Å². The van der Waals surface area contributed by atoms with Gasteiger partial charge >= 0.3 is 0 Å². The van der Waals surface area contributed by atoms with Gasteiger partial charge in [0, 0.05) is 15.2 Å². The molecule has 3 rings (SSSR count). The van der Waals surface area contributed by atoms with Crippen LogP contribution < -0.4 is 0 Å². The first-order chi connectivity index (χ1) is 8.28. The van der Waals surface area contributed by atoms with Gasteiger partial charge in [0.25, 0.3) is 0 Å². The van der Waals surface area contributed by atoms with Crippen molar-refractivity contribution < 1.29 is 9.62 Å². The molecule has 0 aliphatic rings. The third-order valence-electron chi connectivity index (χ3n) is 2.66. The molecule has 0 amide bonds. The first kappa shape index (κ1) is 10.4. The molecule has 0 bridgehead atoms. The van der Waals surface area contributed by atoms with Crippen LogP contribution in [0.5, 0.6) is 0 Å². The van der Waals surface area contributed by atoms with E-state index < -0.39 is 0 Å². The summed E-state index contributed by atoms with van der Waals surface area (Å²) in [4.78, 5) is 0. The Bertz CT molecular complexity index is 731. The van der Waals surface area contributed by atoms with Crippen molar-refractivity contribution in [3.8, 4) is 0 Å². The maximum atomic E-state index is 8.54. The predicted octanol–water partition coefficient (Wildman–Crippen LogP) is 4.16. The van der Waals surface area contributed by atoms with Gasteiger partial charge in [0.2, 0.25) is 0 Å². The highest BCUT2D eigenvalue weighted by Gasteiger charge is 2.07. The highest BCUT2D eigenvalue weighted by atomic mass is 79.9. The summed E-state index contributed by atoms with van der Waals surface area (Å²) in [7, 11) is 0. The van der Waals surface area contributed by atoms with Gasteiger partial charge < -0.3 is 9.62 Å².